The van der Waals surface area contributed by atoms with Crippen molar-refractivity contribution in [3.05, 3.63) is 47.4 Å². The molecule has 0 amide bonds. The lowest BCUT2D eigenvalue weighted by Crippen LogP contribution is -2.08. The fourth-order valence-electron chi connectivity index (χ4n) is 2.99. The maximum absolute atomic E-state index is 7.67. The molecule has 1 heterocycles. The van der Waals surface area contributed by atoms with E-state index in [0.717, 1.165) is 17.7 Å². The summed E-state index contributed by atoms with van der Waals surface area (Å²) in [6, 6.07) is 8.61. The summed E-state index contributed by atoms with van der Waals surface area (Å²) in [4.78, 5) is 0.874. The third-order valence-corrected chi connectivity index (χ3v) is 5.31. The Bertz CT molecular complexity index is 648. The molecule has 0 saturated heterocycles. The molecule has 0 radical (unpaired) electrons. The summed E-state index contributed by atoms with van der Waals surface area (Å²) in [5.74, 6) is 0.739. The van der Waals surface area contributed by atoms with Gasteiger partial charge in [0.05, 0.1) is 4.88 Å². The Hall–Kier alpha value is -1.32. The first-order valence-corrected chi connectivity index (χ1v) is 8.96. The molecule has 4 heteroatoms. The molecule has 1 unspecified atom stereocenters. The molecule has 2 aromatic rings. The second-order valence-corrected chi connectivity index (χ2v) is 6.93. The summed E-state index contributed by atoms with van der Waals surface area (Å²) >= 11 is 1.62. The molecule has 0 aliphatic rings. The maximum atomic E-state index is 7.67. The number of benzene rings is 1. The summed E-state index contributed by atoms with van der Waals surface area (Å²) in [5, 5.41) is 8.95. The van der Waals surface area contributed by atoms with Gasteiger partial charge in [0.2, 0.25) is 0 Å². The fraction of sp³-hybridized carbons (Fsp3) is 0.421. The van der Waals surface area contributed by atoms with Gasteiger partial charge in [-0.1, -0.05) is 44.4 Å². The van der Waals surface area contributed by atoms with Gasteiger partial charge in [-0.15, -0.1) is 30.3 Å². The third kappa shape index (κ3) is 5.08. The van der Waals surface area contributed by atoms with E-state index in [0.29, 0.717) is 5.92 Å². The average molecular weight is 351 g/mol. The van der Waals surface area contributed by atoms with E-state index in [1.807, 2.05) is 6.08 Å². The number of hydrogen-bond acceptors (Lipinski definition) is 2. The number of fused-ring (bicyclic) bond motifs is 1. The number of thiophene rings is 1. The summed E-state index contributed by atoms with van der Waals surface area (Å²) in [6.45, 7) is 6.12. The Morgan fingerprint density at radius 2 is 2.13 bits per heavy atom. The minimum absolute atomic E-state index is 0. The SMILES string of the molecule is C=CCCC(CCCCC)c1cccc2sc(C(=N)N)cc12.Cl. The first-order chi connectivity index (χ1) is 10.7. The predicted molar refractivity (Wildman–Crippen MR) is 106 cm³/mol. The van der Waals surface area contributed by atoms with Gasteiger partial charge >= 0.3 is 0 Å². The quantitative estimate of drug-likeness (QED) is 0.239. The van der Waals surface area contributed by atoms with Crippen molar-refractivity contribution in [1.82, 2.24) is 0 Å². The molecular formula is C19H27ClN2S. The number of unbranched alkanes of at least 4 members (excludes halogenated alkanes) is 2. The number of allylic oxidation sites excluding steroid dienone is 1. The van der Waals surface area contributed by atoms with Gasteiger partial charge in [-0.3, -0.25) is 5.41 Å². The van der Waals surface area contributed by atoms with Crippen LogP contribution in [0.2, 0.25) is 0 Å². The van der Waals surface area contributed by atoms with E-state index in [1.165, 1.54) is 41.3 Å². The van der Waals surface area contributed by atoms with Crippen molar-refractivity contribution < 1.29 is 0 Å². The number of nitrogen functional groups attached to an aromatic ring is 1. The minimum Gasteiger partial charge on any atom is -0.383 e. The normalized spacial score (nSPS) is 11.9. The molecule has 1 aromatic carbocycles. The topological polar surface area (TPSA) is 49.9 Å². The van der Waals surface area contributed by atoms with Crippen molar-refractivity contribution in [1.29, 1.82) is 5.41 Å². The molecule has 0 saturated carbocycles. The highest BCUT2D eigenvalue weighted by Crippen LogP contribution is 2.36. The molecule has 0 spiro atoms. The molecule has 2 nitrogen and oxygen atoms in total. The molecule has 2 rings (SSSR count). The Morgan fingerprint density at radius 1 is 1.35 bits per heavy atom. The highest BCUT2D eigenvalue weighted by molar-refractivity contribution is 7.20. The predicted octanol–water partition coefficient (Wildman–Crippen LogP) is 6.24. The molecular weight excluding hydrogens is 324 g/mol. The summed E-state index contributed by atoms with van der Waals surface area (Å²) in [7, 11) is 0. The van der Waals surface area contributed by atoms with Crippen LogP contribution in [-0.4, -0.2) is 5.84 Å². The lowest BCUT2D eigenvalue weighted by atomic mass is 9.87. The number of halogens is 1. The lowest BCUT2D eigenvalue weighted by Gasteiger charge is -2.18. The maximum Gasteiger partial charge on any atom is 0.133 e. The number of amidine groups is 1. The summed E-state index contributed by atoms with van der Waals surface area (Å²) < 4.78 is 1.24. The summed E-state index contributed by atoms with van der Waals surface area (Å²) in [5.41, 5.74) is 7.08. The molecule has 0 aliphatic carbocycles. The van der Waals surface area contributed by atoms with Crippen LogP contribution in [0.4, 0.5) is 0 Å². The first-order valence-electron chi connectivity index (χ1n) is 8.15. The van der Waals surface area contributed by atoms with Crippen LogP contribution < -0.4 is 5.73 Å². The van der Waals surface area contributed by atoms with Gasteiger partial charge in [0.25, 0.3) is 0 Å². The van der Waals surface area contributed by atoms with Crippen LogP contribution in [0.3, 0.4) is 0 Å². The monoisotopic (exact) mass is 350 g/mol. The summed E-state index contributed by atoms with van der Waals surface area (Å²) in [6.07, 6.45) is 9.27. The van der Waals surface area contributed by atoms with Crippen LogP contribution in [0.1, 0.15) is 61.8 Å². The van der Waals surface area contributed by atoms with E-state index in [4.69, 9.17) is 11.1 Å². The van der Waals surface area contributed by atoms with E-state index >= 15 is 0 Å². The Balaban J connectivity index is 0.00000264. The van der Waals surface area contributed by atoms with E-state index in [2.05, 4.69) is 37.8 Å². The molecule has 0 aliphatic heterocycles. The molecule has 126 valence electrons. The van der Waals surface area contributed by atoms with Crippen LogP contribution in [0.25, 0.3) is 10.1 Å². The molecule has 3 N–H and O–H groups in total. The van der Waals surface area contributed by atoms with Crippen molar-refractivity contribution in [2.45, 2.75) is 51.4 Å². The fourth-order valence-corrected chi connectivity index (χ4v) is 3.94. The number of nitrogens with two attached hydrogens (primary N) is 1. The average Bonchev–Trinajstić information content (AvgIpc) is 2.95. The van der Waals surface area contributed by atoms with Gasteiger partial charge in [-0.25, -0.2) is 0 Å². The lowest BCUT2D eigenvalue weighted by molar-refractivity contribution is 0.541. The minimum atomic E-state index is 0. The van der Waals surface area contributed by atoms with E-state index in [-0.39, 0.29) is 18.2 Å². The van der Waals surface area contributed by atoms with Crippen LogP contribution in [0, 0.1) is 5.41 Å². The van der Waals surface area contributed by atoms with E-state index in [1.54, 1.807) is 11.3 Å². The molecule has 23 heavy (non-hydrogen) atoms. The van der Waals surface area contributed by atoms with Gasteiger partial charge in [0.1, 0.15) is 5.84 Å². The smallest absolute Gasteiger partial charge is 0.133 e. The second-order valence-electron chi connectivity index (χ2n) is 5.84. The third-order valence-electron chi connectivity index (χ3n) is 4.18. The van der Waals surface area contributed by atoms with Gasteiger partial charge in [-0.05, 0) is 48.3 Å². The van der Waals surface area contributed by atoms with Crippen molar-refractivity contribution in [3.8, 4) is 0 Å². The van der Waals surface area contributed by atoms with Crippen LogP contribution in [0.15, 0.2) is 36.9 Å². The highest BCUT2D eigenvalue weighted by Gasteiger charge is 2.16. The van der Waals surface area contributed by atoms with Gasteiger partial charge in [0, 0.05) is 4.70 Å². The standard InChI is InChI=1S/C19H26N2S.ClH/c1-3-5-7-10-14(9-6-4-2)15-11-8-12-17-16(15)13-18(22-17)19(20)21;/h4,8,11-14H,2-3,5-7,9-10H2,1H3,(H3,20,21);1H. The number of rotatable bonds is 9. The Morgan fingerprint density at radius 3 is 2.78 bits per heavy atom. The van der Waals surface area contributed by atoms with E-state index < -0.39 is 0 Å². The Labute approximate surface area is 149 Å². The van der Waals surface area contributed by atoms with Crippen molar-refractivity contribution in [3.63, 3.8) is 0 Å². The van der Waals surface area contributed by atoms with Gasteiger partial charge in [-0.2, -0.15) is 0 Å². The zero-order valence-corrected chi connectivity index (χ0v) is 15.4. The number of nitrogens with one attached hydrogen (secondary N) is 1. The van der Waals surface area contributed by atoms with Crippen molar-refractivity contribution >= 4 is 39.7 Å². The molecule has 0 bridgehead atoms. The molecule has 1 atom stereocenters. The van der Waals surface area contributed by atoms with Crippen molar-refractivity contribution in [2.75, 3.05) is 0 Å². The first kappa shape index (κ1) is 19.7. The molecule has 0 fully saturated rings. The van der Waals surface area contributed by atoms with Crippen LogP contribution in [0.5, 0.6) is 0 Å². The molecule has 1 aromatic heterocycles. The van der Waals surface area contributed by atoms with Gasteiger partial charge in [0.15, 0.2) is 0 Å². The Kier molecular flexibility index (Phi) is 8.35. The van der Waals surface area contributed by atoms with Gasteiger partial charge < -0.3 is 5.73 Å². The highest BCUT2D eigenvalue weighted by atomic mass is 35.5. The van der Waals surface area contributed by atoms with Crippen LogP contribution in [-0.2, 0) is 0 Å². The zero-order valence-electron chi connectivity index (χ0n) is 13.8. The van der Waals surface area contributed by atoms with E-state index in [9.17, 15) is 0 Å². The number of hydrogen-bond donors (Lipinski definition) is 2. The largest absolute Gasteiger partial charge is 0.383 e. The van der Waals surface area contributed by atoms with Crippen LogP contribution >= 0.6 is 23.7 Å². The van der Waals surface area contributed by atoms with Crippen molar-refractivity contribution in [2.24, 2.45) is 5.73 Å². The zero-order chi connectivity index (χ0) is 15.9. The second kappa shape index (κ2) is 9.74.